The van der Waals surface area contributed by atoms with Crippen molar-refractivity contribution in [1.29, 1.82) is 0 Å². The predicted molar refractivity (Wildman–Crippen MR) is 116 cm³/mol. The van der Waals surface area contributed by atoms with E-state index < -0.39 is 0 Å². The largest absolute Gasteiger partial charge is 0.322 e. The smallest absolute Gasteiger partial charge is 0.261 e. The summed E-state index contributed by atoms with van der Waals surface area (Å²) in [6.07, 6.45) is 3.84. The molecular formula is C24H24N4O. The van der Waals surface area contributed by atoms with E-state index in [1.807, 2.05) is 95.3 Å². The molecule has 5 heteroatoms. The minimum atomic E-state index is -0.175. The first kappa shape index (κ1) is 18.7. The number of carbonyl (C=O) groups excluding carboxylic acids is 1. The number of para-hydroxylation sites is 1. The lowest BCUT2D eigenvalue weighted by Crippen LogP contribution is -2.16. The van der Waals surface area contributed by atoms with Crippen molar-refractivity contribution in [3.05, 3.63) is 95.9 Å². The number of aromatic nitrogens is 3. The standard InChI is InChI=1S/C24H24N4O/c1-17(2)19-11-13-20(14-12-19)25-23(29)22-18(3)26-28(21-9-5-4-6-10-21)24(22)27-15-7-8-16-27/h4-17H,1-3H3,(H,25,29). The Morgan fingerprint density at radius 3 is 2.21 bits per heavy atom. The highest BCUT2D eigenvalue weighted by Gasteiger charge is 2.23. The van der Waals surface area contributed by atoms with Crippen LogP contribution in [0.1, 0.15) is 41.4 Å². The third kappa shape index (κ3) is 3.72. The van der Waals surface area contributed by atoms with Crippen LogP contribution in [-0.4, -0.2) is 20.3 Å². The maximum atomic E-state index is 13.2. The Bertz CT molecular complexity index is 1110. The average Bonchev–Trinajstić information content (AvgIpc) is 3.36. The maximum Gasteiger partial charge on any atom is 0.261 e. The van der Waals surface area contributed by atoms with E-state index in [0.717, 1.165) is 17.2 Å². The predicted octanol–water partition coefficient (Wildman–Crippen LogP) is 5.35. The van der Waals surface area contributed by atoms with Crippen LogP contribution < -0.4 is 5.32 Å². The van der Waals surface area contributed by atoms with Gasteiger partial charge in [0.2, 0.25) is 0 Å². The highest BCUT2D eigenvalue weighted by Crippen LogP contribution is 2.25. The van der Waals surface area contributed by atoms with Crippen LogP contribution in [0.3, 0.4) is 0 Å². The minimum Gasteiger partial charge on any atom is -0.322 e. The van der Waals surface area contributed by atoms with Gasteiger partial charge in [0.25, 0.3) is 5.91 Å². The molecule has 2 aromatic carbocycles. The van der Waals surface area contributed by atoms with Gasteiger partial charge in [-0.3, -0.25) is 4.79 Å². The molecule has 0 aliphatic carbocycles. The van der Waals surface area contributed by atoms with Crippen molar-refractivity contribution in [2.45, 2.75) is 26.7 Å². The molecule has 146 valence electrons. The molecule has 4 rings (SSSR count). The monoisotopic (exact) mass is 384 g/mol. The zero-order valence-electron chi connectivity index (χ0n) is 16.8. The molecule has 2 heterocycles. The first-order chi connectivity index (χ1) is 14.0. The lowest BCUT2D eigenvalue weighted by molar-refractivity contribution is 0.102. The van der Waals surface area contributed by atoms with Crippen molar-refractivity contribution in [2.75, 3.05) is 5.32 Å². The number of carbonyl (C=O) groups is 1. The van der Waals surface area contributed by atoms with Gasteiger partial charge in [0.05, 0.1) is 11.4 Å². The fourth-order valence-corrected chi connectivity index (χ4v) is 3.39. The molecule has 0 spiro atoms. The first-order valence-corrected chi connectivity index (χ1v) is 9.74. The second kappa shape index (κ2) is 7.80. The summed E-state index contributed by atoms with van der Waals surface area (Å²) >= 11 is 0. The number of benzene rings is 2. The molecule has 29 heavy (non-hydrogen) atoms. The van der Waals surface area contributed by atoms with E-state index >= 15 is 0 Å². The average molecular weight is 384 g/mol. The summed E-state index contributed by atoms with van der Waals surface area (Å²) in [5.41, 5.74) is 4.14. The van der Waals surface area contributed by atoms with Gasteiger partial charge < -0.3 is 9.88 Å². The fourth-order valence-electron chi connectivity index (χ4n) is 3.39. The molecule has 2 aromatic heterocycles. The van der Waals surface area contributed by atoms with Gasteiger partial charge in [0, 0.05) is 18.1 Å². The van der Waals surface area contributed by atoms with Crippen LogP contribution in [0.25, 0.3) is 11.5 Å². The van der Waals surface area contributed by atoms with Gasteiger partial charge >= 0.3 is 0 Å². The molecule has 0 fully saturated rings. The van der Waals surface area contributed by atoms with E-state index in [1.165, 1.54) is 5.56 Å². The number of aryl methyl sites for hydroxylation is 1. The van der Waals surface area contributed by atoms with E-state index in [0.29, 0.717) is 17.2 Å². The van der Waals surface area contributed by atoms with Crippen molar-refractivity contribution in [3.63, 3.8) is 0 Å². The summed E-state index contributed by atoms with van der Waals surface area (Å²) in [6, 6.07) is 21.7. The van der Waals surface area contributed by atoms with Crippen molar-refractivity contribution in [1.82, 2.24) is 14.3 Å². The Balaban J connectivity index is 1.75. The van der Waals surface area contributed by atoms with Gasteiger partial charge in [-0.2, -0.15) is 5.10 Å². The lowest BCUT2D eigenvalue weighted by Gasteiger charge is -2.12. The molecule has 0 atom stereocenters. The molecule has 5 nitrogen and oxygen atoms in total. The second-order valence-corrected chi connectivity index (χ2v) is 7.35. The molecule has 0 bridgehead atoms. The van der Waals surface area contributed by atoms with Crippen LogP contribution in [0.15, 0.2) is 79.1 Å². The van der Waals surface area contributed by atoms with E-state index in [-0.39, 0.29) is 5.91 Å². The maximum absolute atomic E-state index is 13.2. The molecule has 1 amide bonds. The van der Waals surface area contributed by atoms with E-state index in [1.54, 1.807) is 0 Å². The summed E-state index contributed by atoms with van der Waals surface area (Å²) in [4.78, 5) is 13.2. The van der Waals surface area contributed by atoms with Gasteiger partial charge in [0.15, 0.2) is 5.82 Å². The zero-order valence-corrected chi connectivity index (χ0v) is 16.8. The molecule has 0 radical (unpaired) electrons. The third-order valence-corrected chi connectivity index (χ3v) is 4.95. The van der Waals surface area contributed by atoms with E-state index in [4.69, 9.17) is 0 Å². The Kier molecular flexibility index (Phi) is 5.04. The molecule has 0 saturated heterocycles. The topological polar surface area (TPSA) is 51.9 Å². The van der Waals surface area contributed by atoms with Crippen LogP contribution in [0.5, 0.6) is 0 Å². The normalized spacial score (nSPS) is 11.0. The summed E-state index contributed by atoms with van der Waals surface area (Å²) in [5.74, 6) is 0.993. The van der Waals surface area contributed by atoms with E-state index in [9.17, 15) is 4.79 Å². The SMILES string of the molecule is Cc1nn(-c2ccccc2)c(-n2cccc2)c1C(=O)Nc1ccc(C(C)C)cc1. The van der Waals surface area contributed by atoms with Crippen LogP contribution in [0.4, 0.5) is 5.69 Å². The number of nitrogens with zero attached hydrogens (tertiary/aromatic N) is 3. The van der Waals surface area contributed by atoms with Gasteiger partial charge in [-0.25, -0.2) is 4.68 Å². The zero-order chi connectivity index (χ0) is 20.4. The van der Waals surface area contributed by atoms with Gasteiger partial charge in [0.1, 0.15) is 5.56 Å². The Hall–Kier alpha value is -3.60. The van der Waals surface area contributed by atoms with Crippen LogP contribution in [0.2, 0.25) is 0 Å². The molecule has 0 unspecified atom stereocenters. The molecule has 0 aliphatic heterocycles. The summed E-state index contributed by atoms with van der Waals surface area (Å²) < 4.78 is 3.73. The Morgan fingerprint density at radius 2 is 1.59 bits per heavy atom. The number of nitrogens with one attached hydrogen (secondary N) is 1. The summed E-state index contributed by atoms with van der Waals surface area (Å²) in [5, 5.41) is 7.70. The van der Waals surface area contributed by atoms with Crippen molar-refractivity contribution in [2.24, 2.45) is 0 Å². The highest BCUT2D eigenvalue weighted by atomic mass is 16.1. The number of anilines is 1. The summed E-state index contributed by atoms with van der Waals surface area (Å²) in [7, 11) is 0. The number of amides is 1. The highest BCUT2D eigenvalue weighted by molar-refractivity contribution is 6.07. The molecule has 0 aliphatic rings. The number of hydrogen-bond acceptors (Lipinski definition) is 2. The van der Waals surface area contributed by atoms with Crippen LogP contribution in [-0.2, 0) is 0 Å². The molecule has 1 N–H and O–H groups in total. The fraction of sp³-hybridized carbons (Fsp3) is 0.167. The lowest BCUT2D eigenvalue weighted by atomic mass is 10.0. The molecular weight excluding hydrogens is 360 g/mol. The van der Waals surface area contributed by atoms with Crippen LogP contribution >= 0.6 is 0 Å². The summed E-state index contributed by atoms with van der Waals surface area (Å²) in [6.45, 7) is 6.17. The third-order valence-electron chi connectivity index (χ3n) is 4.95. The van der Waals surface area contributed by atoms with Crippen molar-refractivity contribution < 1.29 is 4.79 Å². The van der Waals surface area contributed by atoms with Gasteiger partial charge in [-0.05, 0) is 54.8 Å². The Morgan fingerprint density at radius 1 is 0.931 bits per heavy atom. The van der Waals surface area contributed by atoms with E-state index in [2.05, 4.69) is 24.3 Å². The number of rotatable bonds is 5. The number of hydrogen-bond donors (Lipinski definition) is 1. The van der Waals surface area contributed by atoms with Gasteiger partial charge in [-0.1, -0.05) is 44.2 Å². The molecule has 4 aromatic rings. The van der Waals surface area contributed by atoms with Crippen molar-refractivity contribution >= 4 is 11.6 Å². The second-order valence-electron chi connectivity index (χ2n) is 7.35. The first-order valence-electron chi connectivity index (χ1n) is 9.74. The van der Waals surface area contributed by atoms with Gasteiger partial charge in [-0.15, -0.1) is 0 Å². The van der Waals surface area contributed by atoms with Crippen LogP contribution in [0, 0.1) is 6.92 Å². The Labute approximate surface area is 170 Å². The molecule has 0 saturated carbocycles. The minimum absolute atomic E-state index is 0.175. The van der Waals surface area contributed by atoms with Crippen molar-refractivity contribution in [3.8, 4) is 11.5 Å². The quantitative estimate of drug-likeness (QED) is 0.504.